The number of carbonyl (C=O) groups excluding carboxylic acids is 1. The number of rotatable bonds is 7. The van der Waals surface area contributed by atoms with Gasteiger partial charge in [-0.1, -0.05) is 0 Å². The van der Waals surface area contributed by atoms with Crippen LogP contribution in [-0.2, 0) is 14.8 Å². The van der Waals surface area contributed by atoms with Crippen LogP contribution in [0.2, 0.25) is 0 Å². The first kappa shape index (κ1) is 16.2. The summed E-state index contributed by atoms with van der Waals surface area (Å²) in [6.45, 7) is 0.404. The lowest BCUT2D eigenvalue weighted by Gasteiger charge is -2.11. The van der Waals surface area contributed by atoms with Gasteiger partial charge in [0.15, 0.2) is 0 Å². The zero-order valence-corrected chi connectivity index (χ0v) is 13.9. The predicted molar refractivity (Wildman–Crippen MR) is 82.4 cm³/mol. The van der Waals surface area contributed by atoms with Gasteiger partial charge in [0.1, 0.15) is 10.7 Å². The average Bonchev–Trinajstić information content (AvgIpc) is 3.28. The maximum absolute atomic E-state index is 12.2. The zero-order chi connectivity index (χ0) is 15.5. The van der Waals surface area contributed by atoms with Crippen LogP contribution in [0.25, 0.3) is 0 Å². The van der Waals surface area contributed by atoms with Crippen molar-refractivity contribution in [1.29, 1.82) is 0 Å². The number of halogens is 1. The van der Waals surface area contributed by atoms with Crippen LogP contribution < -0.4 is 15.4 Å². The Hall–Kier alpha value is -1.19. The molecule has 0 spiro atoms. The summed E-state index contributed by atoms with van der Waals surface area (Å²) in [7, 11) is -2.08. The largest absolute Gasteiger partial charge is 0.372 e. The van der Waals surface area contributed by atoms with Gasteiger partial charge >= 0.3 is 0 Å². The van der Waals surface area contributed by atoms with Crippen LogP contribution in [-0.4, -0.2) is 39.4 Å². The number of anilines is 1. The Morgan fingerprint density at radius 3 is 2.76 bits per heavy atom. The van der Waals surface area contributed by atoms with E-state index in [-0.39, 0.29) is 35.6 Å². The minimum atomic E-state index is -3.68. The fourth-order valence-corrected chi connectivity index (χ4v) is 3.45. The minimum absolute atomic E-state index is 0.00534. The fourth-order valence-electron chi connectivity index (χ4n) is 1.75. The Morgan fingerprint density at radius 2 is 2.14 bits per heavy atom. The molecule has 21 heavy (non-hydrogen) atoms. The van der Waals surface area contributed by atoms with Gasteiger partial charge in [-0.2, -0.15) is 0 Å². The van der Waals surface area contributed by atoms with Crippen molar-refractivity contribution in [3.63, 3.8) is 0 Å². The van der Waals surface area contributed by atoms with Gasteiger partial charge in [0.25, 0.3) is 0 Å². The number of hydrogen-bond acceptors (Lipinski definition) is 5. The molecule has 1 aliphatic carbocycles. The monoisotopic (exact) mass is 376 g/mol. The summed E-state index contributed by atoms with van der Waals surface area (Å²) in [5.41, 5.74) is 0. The Kier molecular flexibility index (Phi) is 5.17. The lowest BCUT2D eigenvalue weighted by molar-refractivity contribution is -0.122. The molecule has 0 saturated heterocycles. The third kappa shape index (κ3) is 4.39. The van der Waals surface area contributed by atoms with Gasteiger partial charge in [-0.05, 0) is 34.8 Å². The normalized spacial score (nSPS) is 14.8. The molecule has 0 radical (unpaired) electrons. The lowest BCUT2D eigenvalue weighted by atomic mass is 10.4. The van der Waals surface area contributed by atoms with Crippen LogP contribution in [0.15, 0.2) is 21.6 Å². The summed E-state index contributed by atoms with van der Waals surface area (Å²) >= 11 is 3.20. The van der Waals surface area contributed by atoms with Gasteiger partial charge in [0, 0.05) is 36.7 Å². The van der Waals surface area contributed by atoms with E-state index in [9.17, 15) is 13.2 Å². The van der Waals surface area contributed by atoms with E-state index in [2.05, 4.69) is 36.3 Å². The molecule has 1 aliphatic rings. The Bertz CT molecular complexity index is 631. The van der Waals surface area contributed by atoms with Crippen molar-refractivity contribution < 1.29 is 13.2 Å². The minimum Gasteiger partial charge on any atom is -0.372 e. The summed E-state index contributed by atoms with van der Waals surface area (Å²) in [5.74, 6) is 0.383. The number of nitrogens with zero attached hydrogens (tertiary/aromatic N) is 1. The summed E-state index contributed by atoms with van der Waals surface area (Å²) in [6, 6.07) is 1.48. The second kappa shape index (κ2) is 6.71. The molecule has 1 aromatic heterocycles. The van der Waals surface area contributed by atoms with Gasteiger partial charge in [-0.15, -0.1) is 0 Å². The average molecular weight is 377 g/mol. The molecule has 2 rings (SSSR count). The van der Waals surface area contributed by atoms with Crippen molar-refractivity contribution >= 4 is 37.7 Å². The summed E-state index contributed by atoms with van der Waals surface area (Å²) in [6.07, 6.45) is 3.36. The Balaban J connectivity index is 1.94. The molecule has 9 heteroatoms. The maximum Gasteiger partial charge on any atom is 0.244 e. The van der Waals surface area contributed by atoms with Crippen LogP contribution in [0.5, 0.6) is 0 Å². The highest BCUT2D eigenvalue weighted by Gasteiger charge is 2.29. The fraction of sp³-hybridized carbons (Fsp3) is 0.500. The van der Waals surface area contributed by atoms with Gasteiger partial charge < -0.3 is 10.6 Å². The molecule has 1 amide bonds. The van der Waals surface area contributed by atoms with E-state index in [0.29, 0.717) is 4.47 Å². The molecule has 1 heterocycles. The number of pyridine rings is 1. The number of hydrogen-bond donors (Lipinski definition) is 3. The van der Waals surface area contributed by atoms with E-state index < -0.39 is 10.0 Å². The number of aromatic nitrogens is 1. The number of nitrogens with one attached hydrogen (secondary N) is 3. The van der Waals surface area contributed by atoms with E-state index in [4.69, 9.17) is 0 Å². The first-order chi connectivity index (χ1) is 9.94. The standard InChI is InChI=1S/C12H17BrN4O3S/c1-14-11-10(6-9(13)7-16-11)21(19,20)17-5-4-15-12(18)8-2-3-8/h6-8,17H,2-5H2,1H3,(H,14,16)(H,15,18). The molecule has 1 aromatic rings. The quantitative estimate of drug-likeness (QED) is 0.607. The molecule has 1 fully saturated rings. The summed E-state index contributed by atoms with van der Waals surface area (Å²) in [4.78, 5) is 15.5. The van der Waals surface area contributed by atoms with Crippen molar-refractivity contribution in [3.05, 3.63) is 16.7 Å². The smallest absolute Gasteiger partial charge is 0.244 e. The van der Waals surface area contributed by atoms with E-state index >= 15 is 0 Å². The van der Waals surface area contributed by atoms with Crippen LogP contribution in [0.4, 0.5) is 5.82 Å². The van der Waals surface area contributed by atoms with Gasteiger partial charge in [-0.3, -0.25) is 4.79 Å². The summed E-state index contributed by atoms with van der Waals surface area (Å²) in [5, 5.41) is 5.44. The van der Waals surface area contributed by atoms with Gasteiger partial charge in [-0.25, -0.2) is 18.1 Å². The van der Waals surface area contributed by atoms with Crippen LogP contribution in [0.3, 0.4) is 0 Å². The molecule has 0 atom stereocenters. The molecule has 7 nitrogen and oxygen atoms in total. The van der Waals surface area contributed by atoms with Crippen molar-refractivity contribution in [2.24, 2.45) is 5.92 Å². The van der Waals surface area contributed by atoms with E-state index in [1.807, 2.05) is 0 Å². The van der Waals surface area contributed by atoms with Crippen molar-refractivity contribution in [3.8, 4) is 0 Å². The SMILES string of the molecule is CNc1ncc(Br)cc1S(=O)(=O)NCCNC(=O)C1CC1. The first-order valence-corrected chi connectivity index (χ1v) is 8.82. The van der Waals surface area contributed by atoms with Crippen molar-refractivity contribution in [2.75, 3.05) is 25.5 Å². The van der Waals surface area contributed by atoms with E-state index in [0.717, 1.165) is 12.8 Å². The molecule has 1 saturated carbocycles. The third-order valence-corrected chi connectivity index (χ3v) is 4.92. The highest BCUT2D eigenvalue weighted by molar-refractivity contribution is 9.10. The van der Waals surface area contributed by atoms with Crippen molar-refractivity contribution in [1.82, 2.24) is 15.0 Å². The van der Waals surface area contributed by atoms with Gasteiger partial charge in [0.2, 0.25) is 15.9 Å². The second-order valence-electron chi connectivity index (χ2n) is 4.71. The summed E-state index contributed by atoms with van der Waals surface area (Å²) < 4.78 is 27.5. The zero-order valence-electron chi connectivity index (χ0n) is 11.5. The Labute approximate surface area is 132 Å². The molecule has 0 aromatic carbocycles. The van der Waals surface area contributed by atoms with Gasteiger partial charge in [0.05, 0.1) is 0 Å². The topological polar surface area (TPSA) is 100 Å². The van der Waals surface area contributed by atoms with Crippen LogP contribution in [0, 0.1) is 5.92 Å². The van der Waals surface area contributed by atoms with Crippen molar-refractivity contribution in [2.45, 2.75) is 17.7 Å². The molecular formula is C12H17BrN4O3S. The highest BCUT2D eigenvalue weighted by atomic mass is 79.9. The number of amides is 1. The highest BCUT2D eigenvalue weighted by Crippen LogP contribution is 2.28. The predicted octanol–water partition coefficient (Wildman–Crippen LogP) is 0.690. The Morgan fingerprint density at radius 1 is 1.43 bits per heavy atom. The number of sulfonamides is 1. The van der Waals surface area contributed by atoms with E-state index in [1.54, 1.807) is 7.05 Å². The first-order valence-electron chi connectivity index (χ1n) is 6.54. The molecule has 116 valence electrons. The third-order valence-electron chi connectivity index (χ3n) is 3.01. The maximum atomic E-state index is 12.2. The second-order valence-corrected chi connectivity index (χ2v) is 7.36. The lowest BCUT2D eigenvalue weighted by Crippen LogP contribution is -2.35. The number of carbonyl (C=O) groups is 1. The molecule has 0 unspecified atom stereocenters. The molecular weight excluding hydrogens is 360 g/mol. The molecule has 0 aliphatic heterocycles. The molecule has 3 N–H and O–H groups in total. The van der Waals surface area contributed by atoms with Crippen LogP contribution >= 0.6 is 15.9 Å². The van der Waals surface area contributed by atoms with E-state index in [1.165, 1.54) is 12.3 Å². The molecule has 0 bridgehead atoms. The van der Waals surface area contributed by atoms with Crippen LogP contribution in [0.1, 0.15) is 12.8 Å².